The fraction of sp³-hybridized carbons (Fsp3) is 0.294. The largest absolute Gasteiger partial charge is 0.466 e. The average molecular weight is 355 g/mol. The monoisotopic (exact) mass is 355 g/mol. The van der Waals surface area contributed by atoms with Crippen molar-refractivity contribution in [3.63, 3.8) is 0 Å². The third kappa shape index (κ3) is 3.37. The fourth-order valence-electron chi connectivity index (χ4n) is 2.45. The van der Waals surface area contributed by atoms with Crippen LogP contribution >= 0.6 is 0 Å². The summed E-state index contributed by atoms with van der Waals surface area (Å²) in [6.07, 6.45) is -0.203. The van der Waals surface area contributed by atoms with Crippen LogP contribution in [0, 0.1) is 0 Å². The van der Waals surface area contributed by atoms with Gasteiger partial charge in [0.1, 0.15) is 5.69 Å². The predicted molar refractivity (Wildman–Crippen MR) is 90.3 cm³/mol. The first-order valence-corrected chi connectivity index (χ1v) is 8.14. The highest BCUT2D eigenvalue weighted by Crippen LogP contribution is 2.22. The lowest BCUT2D eigenvalue weighted by Gasteiger charge is -2.08. The number of ether oxygens (including phenoxy) is 2. The molecule has 0 unspecified atom stereocenters. The average Bonchev–Trinajstić information content (AvgIpc) is 3.07. The van der Waals surface area contributed by atoms with E-state index in [1.54, 1.807) is 13.8 Å². The minimum Gasteiger partial charge on any atom is -0.466 e. The van der Waals surface area contributed by atoms with Crippen molar-refractivity contribution < 1.29 is 19.1 Å². The number of hydrogen-bond donors (Lipinski definition) is 0. The Morgan fingerprint density at radius 3 is 2.42 bits per heavy atom. The topological polar surface area (TPSA) is 109 Å². The first kappa shape index (κ1) is 17.5. The number of carbonyl (C=O) groups excluding carboxylic acids is 2. The van der Waals surface area contributed by atoms with Crippen molar-refractivity contribution in [3.8, 4) is 11.3 Å². The number of esters is 2. The van der Waals surface area contributed by atoms with E-state index in [0.29, 0.717) is 11.3 Å². The molecule has 3 aromatic rings. The second-order valence-electron chi connectivity index (χ2n) is 5.24. The van der Waals surface area contributed by atoms with E-state index in [0.717, 1.165) is 5.56 Å². The predicted octanol–water partition coefficient (Wildman–Crippen LogP) is 1.47. The summed E-state index contributed by atoms with van der Waals surface area (Å²) in [7, 11) is 0. The van der Waals surface area contributed by atoms with Crippen molar-refractivity contribution in [3.05, 3.63) is 41.7 Å². The summed E-state index contributed by atoms with van der Waals surface area (Å²) >= 11 is 0. The summed E-state index contributed by atoms with van der Waals surface area (Å²) in [6, 6.07) is 9.32. The van der Waals surface area contributed by atoms with E-state index in [1.807, 2.05) is 30.3 Å². The third-order valence-electron chi connectivity index (χ3n) is 3.55. The van der Waals surface area contributed by atoms with Crippen molar-refractivity contribution in [1.82, 2.24) is 25.0 Å². The molecule has 0 bridgehead atoms. The molecule has 0 fully saturated rings. The van der Waals surface area contributed by atoms with Crippen LogP contribution < -0.4 is 0 Å². The second kappa shape index (κ2) is 7.68. The van der Waals surface area contributed by atoms with Gasteiger partial charge in [-0.3, -0.25) is 4.79 Å². The lowest BCUT2D eigenvalue weighted by atomic mass is 10.1. The van der Waals surface area contributed by atoms with E-state index >= 15 is 0 Å². The molecular formula is C17H17N5O4. The quantitative estimate of drug-likeness (QED) is 0.612. The van der Waals surface area contributed by atoms with E-state index in [4.69, 9.17) is 9.47 Å². The molecule has 134 valence electrons. The Morgan fingerprint density at radius 2 is 1.73 bits per heavy atom. The maximum absolute atomic E-state index is 12.2. The molecule has 2 aromatic heterocycles. The fourth-order valence-corrected chi connectivity index (χ4v) is 2.45. The van der Waals surface area contributed by atoms with Gasteiger partial charge >= 0.3 is 11.9 Å². The van der Waals surface area contributed by atoms with Crippen LogP contribution in [0.2, 0.25) is 0 Å². The van der Waals surface area contributed by atoms with Crippen molar-refractivity contribution in [2.45, 2.75) is 20.3 Å². The summed E-state index contributed by atoms with van der Waals surface area (Å²) < 4.78 is 11.3. The van der Waals surface area contributed by atoms with Gasteiger partial charge in [-0.2, -0.15) is 4.52 Å². The van der Waals surface area contributed by atoms with Crippen LogP contribution in [0.15, 0.2) is 30.3 Å². The third-order valence-corrected chi connectivity index (χ3v) is 3.55. The van der Waals surface area contributed by atoms with Crippen LogP contribution in [0.1, 0.15) is 30.0 Å². The van der Waals surface area contributed by atoms with Crippen LogP contribution in [-0.2, 0) is 20.7 Å². The van der Waals surface area contributed by atoms with Crippen molar-refractivity contribution in [1.29, 1.82) is 0 Å². The molecule has 0 aliphatic heterocycles. The molecule has 0 N–H and O–H groups in total. The van der Waals surface area contributed by atoms with Crippen LogP contribution in [0.3, 0.4) is 0 Å². The number of aromatic nitrogens is 5. The zero-order chi connectivity index (χ0) is 18.5. The highest BCUT2D eigenvalue weighted by atomic mass is 16.5. The molecule has 0 radical (unpaired) electrons. The zero-order valence-electron chi connectivity index (χ0n) is 14.4. The summed E-state index contributed by atoms with van der Waals surface area (Å²) in [4.78, 5) is 24.2. The molecule has 1 aromatic carbocycles. The van der Waals surface area contributed by atoms with Crippen molar-refractivity contribution >= 4 is 17.6 Å². The van der Waals surface area contributed by atoms with Crippen LogP contribution in [0.5, 0.6) is 0 Å². The van der Waals surface area contributed by atoms with Crippen molar-refractivity contribution in [2.75, 3.05) is 13.2 Å². The number of fused-ring (bicyclic) bond motifs is 1. The maximum atomic E-state index is 12.2. The Bertz CT molecular complexity index is 939. The standard InChI is InChI=1S/C17H17N5O4/c1-3-25-13(23)10-12-15(17(24)26-4-2)18-20-16-14(19-21-22(12)16)11-8-6-5-7-9-11/h5-9H,3-4,10H2,1-2H3. The van der Waals surface area contributed by atoms with Gasteiger partial charge in [0.15, 0.2) is 5.69 Å². The molecule has 0 saturated heterocycles. The summed E-state index contributed by atoms with van der Waals surface area (Å²) in [5.74, 6) is -1.19. The molecule has 0 amide bonds. The van der Waals surface area contributed by atoms with Crippen LogP contribution in [0.25, 0.3) is 16.9 Å². The maximum Gasteiger partial charge on any atom is 0.360 e. The Hall–Kier alpha value is -3.36. The van der Waals surface area contributed by atoms with Gasteiger partial charge in [0.05, 0.1) is 25.3 Å². The molecule has 0 spiro atoms. The van der Waals surface area contributed by atoms with E-state index in [9.17, 15) is 9.59 Å². The van der Waals surface area contributed by atoms with Crippen LogP contribution in [0.4, 0.5) is 0 Å². The molecule has 2 heterocycles. The number of hydrogen-bond acceptors (Lipinski definition) is 8. The molecule has 26 heavy (non-hydrogen) atoms. The Labute approximate surface area is 148 Å². The van der Waals surface area contributed by atoms with Gasteiger partial charge in [0.25, 0.3) is 0 Å². The van der Waals surface area contributed by atoms with E-state index in [2.05, 4.69) is 20.5 Å². The Balaban J connectivity index is 2.14. The van der Waals surface area contributed by atoms with Gasteiger partial charge < -0.3 is 9.47 Å². The van der Waals surface area contributed by atoms with Gasteiger partial charge in [-0.05, 0) is 13.8 Å². The highest BCUT2D eigenvalue weighted by Gasteiger charge is 2.24. The summed E-state index contributed by atoms with van der Waals surface area (Å²) in [5.41, 5.74) is 1.77. The smallest absolute Gasteiger partial charge is 0.360 e. The highest BCUT2D eigenvalue weighted by molar-refractivity contribution is 5.90. The molecule has 9 nitrogen and oxygen atoms in total. The second-order valence-corrected chi connectivity index (χ2v) is 5.24. The van der Waals surface area contributed by atoms with E-state index < -0.39 is 11.9 Å². The van der Waals surface area contributed by atoms with Crippen LogP contribution in [-0.4, -0.2) is 50.2 Å². The summed E-state index contributed by atoms with van der Waals surface area (Å²) in [6.45, 7) is 3.78. The molecule has 0 atom stereocenters. The minimum atomic E-state index is -0.682. The number of nitrogens with zero attached hydrogens (tertiary/aromatic N) is 5. The molecular weight excluding hydrogens is 338 g/mol. The molecule has 9 heteroatoms. The van der Waals surface area contributed by atoms with E-state index in [-0.39, 0.29) is 31.0 Å². The van der Waals surface area contributed by atoms with E-state index in [1.165, 1.54) is 4.52 Å². The van der Waals surface area contributed by atoms with Gasteiger partial charge in [-0.1, -0.05) is 35.5 Å². The molecule has 0 saturated carbocycles. The first-order valence-electron chi connectivity index (χ1n) is 8.14. The number of rotatable bonds is 6. The van der Waals surface area contributed by atoms with Gasteiger partial charge in [0.2, 0.25) is 5.65 Å². The zero-order valence-corrected chi connectivity index (χ0v) is 14.4. The lowest BCUT2D eigenvalue weighted by molar-refractivity contribution is -0.142. The SMILES string of the molecule is CCOC(=O)Cc1c(C(=O)OCC)nnc2c(-c3ccccc3)nnn12. The number of carbonyl (C=O) groups is 2. The Kier molecular flexibility index (Phi) is 5.16. The van der Waals surface area contributed by atoms with Crippen molar-refractivity contribution in [2.24, 2.45) is 0 Å². The van der Waals surface area contributed by atoms with Gasteiger partial charge in [-0.25, -0.2) is 4.79 Å². The van der Waals surface area contributed by atoms with Gasteiger partial charge in [0, 0.05) is 5.56 Å². The number of benzene rings is 1. The first-order chi connectivity index (χ1) is 12.7. The summed E-state index contributed by atoms with van der Waals surface area (Å²) in [5, 5.41) is 16.2. The molecule has 0 aliphatic carbocycles. The molecule has 0 aliphatic rings. The lowest BCUT2D eigenvalue weighted by Crippen LogP contribution is -2.20. The normalized spacial score (nSPS) is 10.7. The van der Waals surface area contributed by atoms with Gasteiger partial charge in [-0.15, -0.1) is 15.3 Å². The minimum absolute atomic E-state index is 0.0862. The Morgan fingerprint density at radius 1 is 1.00 bits per heavy atom. The molecule has 3 rings (SSSR count).